The molecule has 0 amide bonds. The molecule has 2 rings (SSSR count). The first-order chi connectivity index (χ1) is 3.88. The van der Waals surface area contributed by atoms with Gasteiger partial charge in [-0.1, -0.05) is 0 Å². The van der Waals surface area contributed by atoms with Crippen molar-refractivity contribution in [3.63, 3.8) is 0 Å². The van der Waals surface area contributed by atoms with E-state index in [0.717, 1.165) is 19.2 Å². The molecular formula is C6H11NO. The molecule has 0 aliphatic carbocycles. The van der Waals surface area contributed by atoms with Gasteiger partial charge in [0.1, 0.15) is 0 Å². The van der Waals surface area contributed by atoms with Gasteiger partial charge in [0.05, 0.1) is 6.10 Å². The molecule has 2 heterocycles. The van der Waals surface area contributed by atoms with Crippen molar-refractivity contribution in [2.45, 2.75) is 18.6 Å². The highest BCUT2D eigenvalue weighted by atomic mass is 16.5. The van der Waals surface area contributed by atoms with Crippen LogP contribution in [0.15, 0.2) is 0 Å². The molecular weight excluding hydrogens is 102 g/mol. The zero-order chi connectivity index (χ0) is 5.56. The van der Waals surface area contributed by atoms with Crippen molar-refractivity contribution in [1.29, 1.82) is 0 Å². The maximum absolute atomic E-state index is 5.38. The summed E-state index contributed by atoms with van der Waals surface area (Å²) in [5.41, 5.74) is 0. The van der Waals surface area contributed by atoms with Gasteiger partial charge in [-0.3, -0.25) is 4.90 Å². The SMILES string of the molecule is CN1C[C@@H]2OCC[C@@H]21. The van der Waals surface area contributed by atoms with E-state index in [4.69, 9.17) is 4.74 Å². The normalized spacial score (nSPS) is 46.1. The second-order valence-electron chi connectivity index (χ2n) is 2.70. The monoisotopic (exact) mass is 113 g/mol. The number of likely N-dealkylation sites (tertiary alicyclic amines) is 1. The Kier molecular flexibility index (Phi) is 0.866. The highest BCUT2D eigenvalue weighted by molar-refractivity contribution is 4.94. The lowest BCUT2D eigenvalue weighted by molar-refractivity contribution is -0.0242. The fourth-order valence-corrected chi connectivity index (χ4v) is 1.60. The molecule has 0 spiro atoms. The first-order valence-corrected chi connectivity index (χ1v) is 3.20. The Balaban J connectivity index is 2.02. The predicted octanol–water partition coefficient (Wildman–Crippen LogP) is 0.0893. The van der Waals surface area contributed by atoms with E-state index in [-0.39, 0.29) is 0 Å². The molecule has 2 fully saturated rings. The Morgan fingerprint density at radius 1 is 1.62 bits per heavy atom. The number of rotatable bonds is 0. The van der Waals surface area contributed by atoms with Crippen LogP contribution in [0.3, 0.4) is 0 Å². The largest absolute Gasteiger partial charge is 0.375 e. The number of hydrogen-bond donors (Lipinski definition) is 0. The van der Waals surface area contributed by atoms with Crippen molar-refractivity contribution >= 4 is 0 Å². The van der Waals surface area contributed by atoms with Crippen LogP contribution in [0.4, 0.5) is 0 Å². The summed E-state index contributed by atoms with van der Waals surface area (Å²) in [6.07, 6.45) is 1.85. The smallest absolute Gasteiger partial charge is 0.0857 e. The Bertz CT molecular complexity index is 105. The molecule has 2 aliphatic rings. The third-order valence-electron chi connectivity index (χ3n) is 2.21. The predicted molar refractivity (Wildman–Crippen MR) is 30.8 cm³/mol. The van der Waals surface area contributed by atoms with Gasteiger partial charge in [0.15, 0.2) is 0 Å². The Morgan fingerprint density at radius 2 is 2.50 bits per heavy atom. The molecule has 46 valence electrons. The quantitative estimate of drug-likeness (QED) is 0.441. The van der Waals surface area contributed by atoms with Crippen LogP contribution < -0.4 is 0 Å². The molecule has 2 aliphatic heterocycles. The molecule has 8 heavy (non-hydrogen) atoms. The zero-order valence-electron chi connectivity index (χ0n) is 5.13. The minimum absolute atomic E-state index is 0.597. The number of likely N-dealkylation sites (N-methyl/N-ethyl adjacent to an activating group) is 1. The van der Waals surface area contributed by atoms with Gasteiger partial charge in [-0.25, -0.2) is 0 Å². The number of ether oxygens (including phenoxy) is 1. The van der Waals surface area contributed by atoms with Crippen LogP contribution in [0.5, 0.6) is 0 Å². The van der Waals surface area contributed by atoms with Crippen LogP contribution in [-0.2, 0) is 4.74 Å². The van der Waals surface area contributed by atoms with Crippen molar-refractivity contribution < 1.29 is 4.74 Å². The van der Waals surface area contributed by atoms with Gasteiger partial charge in [-0.2, -0.15) is 0 Å². The molecule has 0 N–H and O–H groups in total. The summed E-state index contributed by atoms with van der Waals surface area (Å²) in [6.45, 7) is 2.14. The van der Waals surface area contributed by atoms with Crippen molar-refractivity contribution in [2.24, 2.45) is 0 Å². The lowest BCUT2D eigenvalue weighted by Crippen LogP contribution is -2.55. The molecule has 2 nitrogen and oxygen atoms in total. The van der Waals surface area contributed by atoms with Crippen molar-refractivity contribution in [1.82, 2.24) is 4.90 Å². The van der Waals surface area contributed by atoms with Gasteiger partial charge in [0.2, 0.25) is 0 Å². The summed E-state index contributed by atoms with van der Waals surface area (Å²) < 4.78 is 5.38. The van der Waals surface area contributed by atoms with Crippen molar-refractivity contribution in [2.75, 3.05) is 20.2 Å². The number of fused-ring (bicyclic) bond motifs is 1. The topological polar surface area (TPSA) is 12.5 Å². The van der Waals surface area contributed by atoms with Gasteiger partial charge in [0, 0.05) is 19.2 Å². The first kappa shape index (κ1) is 4.77. The summed E-state index contributed by atoms with van der Waals surface area (Å²) in [4.78, 5) is 2.36. The second kappa shape index (κ2) is 1.45. The van der Waals surface area contributed by atoms with Crippen LogP contribution in [0.1, 0.15) is 6.42 Å². The molecule has 2 saturated heterocycles. The lowest BCUT2D eigenvalue weighted by atomic mass is 10.0. The van der Waals surface area contributed by atoms with E-state index in [1.54, 1.807) is 0 Å². The molecule has 0 aromatic carbocycles. The summed E-state index contributed by atoms with van der Waals surface area (Å²) in [7, 11) is 2.16. The van der Waals surface area contributed by atoms with Crippen LogP contribution >= 0.6 is 0 Å². The minimum atomic E-state index is 0.597. The van der Waals surface area contributed by atoms with Crippen LogP contribution in [0, 0.1) is 0 Å². The Morgan fingerprint density at radius 3 is 3.00 bits per heavy atom. The average Bonchev–Trinajstić information content (AvgIpc) is 2.09. The maximum atomic E-state index is 5.38. The molecule has 0 bridgehead atoms. The first-order valence-electron chi connectivity index (χ1n) is 3.20. The van der Waals surface area contributed by atoms with E-state index in [9.17, 15) is 0 Å². The van der Waals surface area contributed by atoms with E-state index in [1.807, 2.05) is 0 Å². The maximum Gasteiger partial charge on any atom is 0.0857 e. The molecule has 0 aromatic heterocycles. The van der Waals surface area contributed by atoms with Crippen LogP contribution in [-0.4, -0.2) is 37.2 Å². The molecule has 2 heteroatoms. The standard InChI is InChI=1S/C6H11NO/c1-7-4-6-5(7)2-3-8-6/h5-6H,2-4H2,1H3/t5-,6-/m0/s1. The summed E-state index contributed by atoms with van der Waals surface area (Å²) in [5.74, 6) is 0. The third kappa shape index (κ3) is 0.446. The highest BCUT2D eigenvalue weighted by Gasteiger charge is 2.40. The highest BCUT2D eigenvalue weighted by Crippen LogP contribution is 2.27. The van der Waals surface area contributed by atoms with E-state index in [1.165, 1.54) is 6.42 Å². The van der Waals surface area contributed by atoms with Gasteiger partial charge >= 0.3 is 0 Å². The summed E-state index contributed by atoms with van der Waals surface area (Å²) in [5, 5.41) is 0. The zero-order valence-corrected chi connectivity index (χ0v) is 5.13. The average molecular weight is 113 g/mol. The van der Waals surface area contributed by atoms with E-state index in [0.29, 0.717) is 6.10 Å². The van der Waals surface area contributed by atoms with Gasteiger partial charge in [0.25, 0.3) is 0 Å². The fraction of sp³-hybridized carbons (Fsp3) is 1.00. The minimum Gasteiger partial charge on any atom is -0.375 e. The van der Waals surface area contributed by atoms with E-state index in [2.05, 4.69) is 11.9 Å². The van der Waals surface area contributed by atoms with Gasteiger partial charge in [-0.05, 0) is 13.5 Å². The molecule has 2 atom stereocenters. The molecule has 0 aromatic rings. The summed E-state index contributed by atoms with van der Waals surface area (Å²) >= 11 is 0. The van der Waals surface area contributed by atoms with Crippen molar-refractivity contribution in [3.8, 4) is 0 Å². The molecule has 0 unspecified atom stereocenters. The Labute approximate surface area is 49.4 Å². The van der Waals surface area contributed by atoms with Gasteiger partial charge < -0.3 is 4.74 Å². The number of hydrogen-bond acceptors (Lipinski definition) is 2. The number of nitrogens with zero attached hydrogens (tertiary/aromatic N) is 1. The van der Waals surface area contributed by atoms with Crippen LogP contribution in [0.2, 0.25) is 0 Å². The molecule has 0 radical (unpaired) electrons. The van der Waals surface area contributed by atoms with E-state index >= 15 is 0 Å². The van der Waals surface area contributed by atoms with Crippen LogP contribution in [0.25, 0.3) is 0 Å². The fourth-order valence-electron chi connectivity index (χ4n) is 1.60. The Hall–Kier alpha value is -0.0800. The molecule has 0 saturated carbocycles. The second-order valence-corrected chi connectivity index (χ2v) is 2.70. The van der Waals surface area contributed by atoms with Gasteiger partial charge in [-0.15, -0.1) is 0 Å². The third-order valence-corrected chi connectivity index (χ3v) is 2.21. The summed E-state index contributed by atoms with van der Waals surface area (Å²) in [6, 6.07) is 0.773. The lowest BCUT2D eigenvalue weighted by Gasteiger charge is -2.39. The van der Waals surface area contributed by atoms with Crippen molar-refractivity contribution in [3.05, 3.63) is 0 Å². The van der Waals surface area contributed by atoms with E-state index < -0.39 is 0 Å².